The van der Waals surface area contributed by atoms with Crippen LogP contribution in [0.15, 0.2) is 5.38 Å². The Labute approximate surface area is 117 Å². The summed E-state index contributed by atoms with van der Waals surface area (Å²) in [6.07, 6.45) is -4.80. The van der Waals surface area contributed by atoms with Crippen molar-refractivity contribution in [3.8, 4) is 0 Å². The molecule has 1 aromatic rings. The summed E-state index contributed by atoms with van der Waals surface area (Å²) in [6, 6.07) is 0. The standard InChI is InChI=1S/C11H14F3N3O2S/c1-2-19-10(18)17-5-3-16(4-6-17)9-15-8(7-20-9)11(12,13)14/h7H,2-6H2,1H3. The molecule has 20 heavy (non-hydrogen) atoms. The number of hydrogen-bond donors (Lipinski definition) is 0. The van der Waals surface area contributed by atoms with Crippen molar-refractivity contribution in [3.63, 3.8) is 0 Å². The van der Waals surface area contributed by atoms with Crippen molar-refractivity contribution in [3.05, 3.63) is 11.1 Å². The van der Waals surface area contributed by atoms with E-state index in [0.29, 0.717) is 37.9 Å². The highest BCUT2D eigenvalue weighted by atomic mass is 32.1. The van der Waals surface area contributed by atoms with E-state index < -0.39 is 11.9 Å². The van der Waals surface area contributed by atoms with E-state index in [-0.39, 0.29) is 6.09 Å². The maximum Gasteiger partial charge on any atom is 0.434 e. The lowest BCUT2D eigenvalue weighted by Gasteiger charge is -2.33. The Balaban J connectivity index is 1.94. The Bertz CT molecular complexity index is 470. The summed E-state index contributed by atoms with van der Waals surface area (Å²) in [6.45, 7) is 3.76. The van der Waals surface area contributed by atoms with Crippen LogP contribution in [0.4, 0.5) is 23.1 Å². The quantitative estimate of drug-likeness (QED) is 0.842. The van der Waals surface area contributed by atoms with Gasteiger partial charge in [0.25, 0.3) is 0 Å². The lowest BCUT2D eigenvalue weighted by Crippen LogP contribution is -2.49. The van der Waals surface area contributed by atoms with E-state index in [4.69, 9.17) is 4.74 Å². The Kier molecular flexibility index (Phi) is 4.36. The lowest BCUT2D eigenvalue weighted by molar-refractivity contribution is -0.140. The van der Waals surface area contributed by atoms with E-state index in [9.17, 15) is 18.0 Å². The molecule has 1 fully saturated rings. The van der Waals surface area contributed by atoms with E-state index >= 15 is 0 Å². The lowest BCUT2D eigenvalue weighted by atomic mass is 10.3. The number of hydrogen-bond acceptors (Lipinski definition) is 5. The summed E-state index contributed by atoms with van der Waals surface area (Å²) in [5.74, 6) is 0. The molecule has 0 aromatic carbocycles. The minimum atomic E-state index is -4.42. The van der Waals surface area contributed by atoms with Gasteiger partial charge in [-0.25, -0.2) is 9.78 Å². The molecule has 1 amide bonds. The second-order valence-electron chi connectivity index (χ2n) is 4.19. The van der Waals surface area contributed by atoms with E-state index in [2.05, 4.69) is 4.98 Å². The largest absolute Gasteiger partial charge is 0.450 e. The van der Waals surface area contributed by atoms with Gasteiger partial charge in [0.15, 0.2) is 10.8 Å². The monoisotopic (exact) mass is 309 g/mol. The molecule has 2 heterocycles. The minimum absolute atomic E-state index is 0.306. The van der Waals surface area contributed by atoms with Gasteiger partial charge in [0.1, 0.15) is 0 Å². The van der Waals surface area contributed by atoms with Gasteiger partial charge in [-0.15, -0.1) is 11.3 Å². The van der Waals surface area contributed by atoms with Crippen LogP contribution in [0.2, 0.25) is 0 Å². The number of thiazole rings is 1. The Morgan fingerprint density at radius 1 is 1.40 bits per heavy atom. The molecule has 0 N–H and O–H groups in total. The number of rotatable bonds is 2. The second-order valence-corrected chi connectivity index (χ2v) is 5.02. The first-order valence-corrected chi connectivity index (χ1v) is 6.99. The van der Waals surface area contributed by atoms with Gasteiger partial charge in [0.2, 0.25) is 0 Å². The molecule has 1 aliphatic rings. The normalized spacial score (nSPS) is 16.4. The zero-order chi connectivity index (χ0) is 14.8. The first kappa shape index (κ1) is 14.9. The predicted molar refractivity (Wildman–Crippen MR) is 67.9 cm³/mol. The van der Waals surface area contributed by atoms with Crippen LogP contribution in [0.3, 0.4) is 0 Å². The zero-order valence-corrected chi connectivity index (χ0v) is 11.6. The first-order valence-electron chi connectivity index (χ1n) is 6.11. The van der Waals surface area contributed by atoms with Crippen LogP contribution in [-0.4, -0.2) is 48.8 Å². The molecule has 0 unspecified atom stereocenters. The van der Waals surface area contributed by atoms with Crippen LogP contribution < -0.4 is 4.90 Å². The topological polar surface area (TPSA) is 45.7 Å². The Morgan fingerprint density at radius 3 is 2.55 bits per heavy atom. The number of amides is 1. The van der Waals surface area contributed by atoms with Gasteiger partial charge in [-0.3, -0.25) is 0 Å². The van der Waals surface area contributed by atoms with Crippen molar-refractivity contribution in [2.45, 2.75) is 13.1 Å². The molecule has 0 spiro atoms. The van der Waals surface area contributed by atoms with Crippen molar-refractivity contribution < 1.29 is 22.7 Å². The van der Waals surface area contributed by atoms with Crippen molar-refractivity contribution >= 4 is 22.6 Å². The molecule has 112 valence electrons. The Hall–Kier alpha value is -1.51. The molecule has 0 radical (unpaired) electrons. The third kappa shape index (κ3) is 3.33. The molecule has 1 aromatic heterocycles. The van der Waals surface area contributed by atoms with Crippen molar-refractivity contribution in [1.82, 2.24) is 9.88 Å². The molecule has 5 nitrogen and oxygen atoms in total. The predicted octanol–water partition coefficient (Wildman–Crippen LogP) is 2.44. The third-order valence-corrected chi connectivity index (χ3v) is 3.76. The van der Waals surface area contributed by atoms with Gasteiger partial charge in [-0.05, 0) is 6.92 Å². The highest BCUT2D eigenvalue weighted by molar-refractivity contribution is 7.13. The van der Waals surface area contributed by atoms with E-state index in [0.717, 1.165) is 16.7 Å². The number of anilines is 1. The highest BCUT2D eigenvalue weighted by Crippen LogP contribution is 2.33. The fourth-order valence-corrected chi connectivity index (χ4v) is 2.72. The van der Waals surface area contributed by atoms with Crippen molar-refractivity contribution in [1.29, 1.82) is 0 Å². The summed E-state index contributed by atoms with van der Waals surface area (Å²) in [4.78, 5) is 18.4. The maximum atomic E-state index is 12.5. The average molecular weight is 309 g/mol. The number of halogens is 3. The average Bonchev–Trinajstić information content (AvgIpc) is 2.89. The molecule has 2 rings (SSSR count). The molecule has 0 saturated carbocycles. The van der Waals surface area contributed by atoms with Gasteiger partial charge in [0, 0.05) is 31.6 Å². The van der Waals surface area contributed by atoms with Crippen molar-refractivity contribution in [2.75, 3.05) is 37.7 Å². The fraction of sp³-hybridized carbons (Fsp3) is 0.636. The molecule has 9 heteroatoms. The van der Waals surface area contributed by atoms with Crippen LogP contribution in [-0.2, 0) is 10.9 Å². The molecule has 0 bridgehead atoms. The number of alkyl halides is 3. The summed E-state index contributed by atoms with van der Waals surface area (Å²) < 4.78 is 42.3. The first-order chi connectivity index (χ1) is 9.41. The fourth-order valence-electron chi connectivity index (χ4n) is 1.83. The maximum absolute atomic E-state index is 12.5. The second kappa shape index (κ2) is 5.86. The Morgan fingerprint density at radius 2 is 2.05 bits per heavy atom. The summed E-state index contributed by atoms with van der Waals surface area (Å²) in [5.41, 5.74) is -0.870. The molecule has 1 aliphatic heterocycles. The number of piperazine rings is 1. The number of nitrogens with zero attached hydrogens (tertiary/aromatic N) is 3. The zero-order valence-electron chi connectivity index (χ0n) is 10.8. The van der Waals surface area contributed by atoms with E-state index in [1.54, 1.807) is 11.8 Å². The third-order valence-electron chi connectivity index (χ3n) is 2.86. The molecule has 0 aliphatic carbocycles. The smallest absolute Gasteiger partial charge is 0.434 e. The summed E-state index contributed by atoms with van der Waals surface area (Å²) in [7, 11) is 0. The van der Waals surface area contributed by atoms with Crippen LogP contribution in [0.25, 0.3) is 0 Å². The summed E-state index contributed by atoms with van der Waals surface area (Å²) in [5, 5.41) is 1.34. The van der Waals surface area contributed by atoms with Gasteiger partial charge in [0.05, 0.1) is 6.61 Å². The summed E-state index contributed by atoms with van der Waals surface area (Å²) >= 11 is 0.963. The van der Waals surface area contributed by atoms with Gasteiger partial charge < -0.3 is 14.5 Å². The molecule has 0 atom stereocenters. The van der Waals surface area contributed by atoms with Crippen LogP contribution in [0.5, 0.6) is 0 Å². The van der Waals surface area contributed by atoms with E-state index in [1.165, 1.54) is 4.90 Å². The number of carbonyl (C=O) groups excluding carboxylic acids is 1. The highest BCUT2D eigenvalue weighted by Gasteiger charge is 2.34. The van der Waals surface area contributed by atoms with Crippen LogP contribution in [0.1, 0.15) is 12.6 Å². The SMILES string of the molecule is CCOC(=O)N1CCN(c2nc(C(F)(F)F)cs2)CC1. The number of ether oxygens (including phenoxy) is 1. The minimum Gasteiger partial charge on any atom is -0.450 e. The van der Waals surface area contributed by atoms with Crippen molar-refractivity contribution in [2.24, 2.45) is 0 Å². The van der Waals surface area contributed by atoms with E-state index in [1.807, 2.05) is 0 Å². The molecular formula is C11H14F3N3O2S. The number of aromatic nitrogens is 1. The van der Waals surface area contributed by atoms with Crippen LogP contribution >= 0.6 is 11.3 Å². The molecular weight excluding hydrogens is 295 g/mol. The number of carbonyl (C=O) groups is 1. The van der Waals surface area contributed by atoms with Crippen LogP contribution in [0, 0.1) is 0 Å². The van der Waals surface area contributed by atoms with Gasteiger partial charge in [-0.2, -0.15) is 13.2 Å². The molecule has 1 saturated heterocycles. The van der Waals surface area contributed by atoms with Gasteiger partial charge >= 0.3 is 12.3 Å². The van der Waals surface area contributed by atoms with Gasteiger partial charge in [-0.1, -0.05) is 0 Å².